The highest BCUT2D eigenvalue weighted by molar-refractivity contribution is 6.35. The van der Waals surface area contributed by atoms with E-state index < -0.39 is 0 Å². The Morgan fingerprint density at radius 2 is 2.05 bits per heavy atom. The number of tetrazole rings is 1. The molecule has 0 radical (unpaired) electrons. The van der Waals surface area contributed by atoms with Gasteiger partial charge in [0.25, 0.3) is 0 Å². The molecule has 0 fully saturated rings. The average Bonchev–Trinajstić information content (AvgIpc) is 2.83. The molecule has 19 heavy (non-hydrogen) atoms. The Hall–Kier alpha value is -1.17. The predicted octanol–water partition coefficient (Wildman–Crippen LogP) is 2.95. The van der Waals surface area contributed by atoms with E-state index >= 15 is 0 Å². The lowest BCUT2D eigenvalue weighted by atomic mass is 10.2. The van der Waals surface area contributed by atoms with Gasteiger partial charge >= 0.3 is 0 Å². The predicted molar refractivity (Wildman–Crippen MR) is 76.0 cm³/mol. The van der Waals surface area contributed by atoms with Gasteiger partial charge in [-0.15, -0.1) is 5.10 Å². The Morgan fingerprint density at radius 3 is 2.74 bits per heavy atom. The highest BCUT2D eigenvalue weighted by Gasteiger charge is 2.17. The maximum atomic E-state index is 6.25. The summed E-state index contributed by atoms with van der Waals surface area (Å²) >= 11 is 12.4. The first kappa shape index (κ1) is 14.2. The third-order valence-electron chi connectivity index (χ3n) is 2.85. The van der Waals surface area contributed by atoms with Gasteiger partial charge in [0.1, 0.15) is 0 Å². The van der Waals surface area contributed by atoms with Crippen molar-refractivity contribution in [3.05, 3.63) is 33.6 Å². The van der Waals surface area contributed by atoms with E-state index in [-0.39, 0.29) is 6.04 Å². The van der Waals surface area contributed by atoms with Crippen LogP contribution in [0, 0.1) is 6.92 Å². The molecule has 0 spiro atoms. The maximum absolute atomic E-state index is 6.25. The number of nitrogens with one attached hydrogen (secondary N) is 1. The van der Waals surface area contributed by atoms with Crippen LogP contribution in [-0.4, -0.2) is 26.8 Å². The molecule has 1 atom stereocenters. The molecule has 0 aliphatic rings. The molecule has 1 aromatic heterocycles. The van der Waals surface area contributed by atoms with Gasteiger partial charge in [-0.1, -0.05) is 30.1 Å². The molecular formula is C12H15Cl2N5. The van der Waals surface area contributed by atoms with Crippen molar-refractivity contribution in [1.29, 1.82) is 0 Å². The first-order valence-electron chi connectivity index (χ1n) is 6.02. The molecule has 1 aromatic carbocycles. The summed E-state index contributed by atoms with van der Waals surface area (Å²) in [4.78, 5) is 0. The lowest BCUT2D eigenvalue weighted by Crippen LogP contribution is -2.21. The molecule has 0 aliphatic heterocycles. The van der Waals surface area contributed by atoms with Crippen molar-refractivity contribution in [3.8, 4) is 5.69 Å². The molecule has 2 rings (SSSR count). The molecule has 1 unspecified atom stereocenters. The quantitative estimate of drug-likeness (QED) is 0.943. The fourth-order valence-electron chi connectivity index (χ4n) is 1.83. The number of halogens is 2. The Morgan fingerprint density at radius 1 is 1.32 bits per heavy atom. The molecule has 2 aromatic rings. The zero-order valence-corrected chi connectivity index (χ0v) is 12.5. The Bertz CT molecular complexity index is 581. The molecule has 0 saturated carbocycles. The van der Waals surface area contributed by atoms with Crippen molar-refractivity contribution >= 4 is 23.2 Å². The van der Waals surface area contributed by atoms with Crippen molar-refractivity contribution in [3.63, 3.8) is 0 Å². The largest absolute Gasteiger partial charge is 0.308 e. The molecule has 0 bridgehead atoms. The van der Waals surface area contributed by atoms with Crippen LogP contribution in [0.4, 0.5) is 0 Å². The highest BCUT2D eigenvalue weighted by atomic mass is 35.5. The molecule has 0 amide bonds. The van der Waals surface area contributed by atoms with E-state index in [1.54, 1.807) is 10.7 Å². The summed E-state index contributed by atoms with van der Waals surface area (Å²) in [5.41, 5.74) is 1.60. The van der Waals surface area contributed by atoms with Gasteiger partial charge in [0.15, 0.2) is 5.82 Å². The third-order valence-corrected chi connectivity index (χ3v) is 3.56. The van der Waals surface area contributed by atoms with E-state index in [0.29, 0.717) is 21.6 Å². The first-order chi connectivity index (χ1) is 9.04. The highest BCUT2D eigenvalue weighted by Crippen LogP contribution is 2.28. The van der Waals surface area contributed by atoms with Gasteiger partial charge in [-0.05, 0) is 48.5 Å². The van der Waals surface area contributed by atoms with Crippen LogP contribution in [0.5, 0.6) is 0 Å². The lowest BCUT2D eigenvalue weighted by molar-refractivity contribution is 0.550. The van der Waals surface area contributed by atoms with Crippen molar-refractivity contribution in [2.24, 2.45) is 0 Å². The van der Waals surface area contributed by atoms with Crippen LogP contribution in [0.1, 0.15) is 31.3 Å². The van der Waals surface area contributed by atoms with E-state index in [0.717, 1.165) is 12.1 Å². The van der Waals surface area contributed by atoms with Crippen LogP contribution in [0.15, 0.2) is 12.1 Å². The molecule has 7 heteroatoms. The fraction of sp³-hybridized carbons (Fsp3) is 0.417. The van der Waals surface area contributed by atoms with Crippen LogP contribution >= 0.6 is 23.2 Å². The zero-order chi connectivity index (χ0) is 14.0. The van der Waals surface area contributed by atoms with Gasteiger partial charge < -0.3 is 5.32 Å². The topological polar surface area (TPSA) is 55.6 Å². The number of rotatable bonds is 4. The number of hydrogen-bond donors (Lipinski definition) is 1. The van der Waals surface area contributed by atoms with Crippen molar-refractivity contribution < 1.29 is 0 Å². The van der Waals surface area contributed by atoms with Gasteiger partial charge in [0.2, 0.25) is 0 Å². The summed E-state index contributed by atoms with van der Waals surface area (Å²) in [5, 5.41) is 16.2. The number of benzene rings is 1. The number of nitrogens with zero attached hydrogens (tertiary/aromatic N) is 4. The zero-order valence-electron chi connectivity index (χ0n) is 11.0. The van der Waals surface area contributed by atoms with Crippen LogP contribution in [-0.2, 0) is 0 Å². The minimum absolute atomic E-state index is 0.0242. The molecular weight excluding hydrogens is 285 g/mol. The van der Waals surface area contributed by atoms with Crippen LogP contribution < -0.4 is 5.32 Å². The summed E-state index contributed by atoms with van der Waals surface area (Å²) in [5.74, 6) is 0.698. The second-order valence-electron chi connectivity index (χ2n) is 4.28. The van der Waals surface area contributed by atoms with E-state index in [4.69, 9.17) is 23.2 Å². The van der Waals surface area contributed by atoms with Crippen LogP contribution in [0.3, 0.4) is 0 Å². The average molecular weight is 300 g/mol. The number of aryl methyl sites for hydroxylation is 1. The molecule has 5 nitrogen and oxygen atoms in total. The molecule has 1 N–H and O–H groups in total. The molecule has 102 valence electrons. The smallest absolute Gasteiger partial charge is 0.173 e. The van der Waals surface area contributed by atoms with Gasteiger partial charge in [-0.25, -0.2) is 0 Å². The summed E-state index contributed by atoms with van der Waals surface area (Å²) in [6.07, 6.45) is 0. The van der Waals surface area contributed by atoms with Crippen molar-refractivity contribution in [2.75, 3.05) is 6.54 Å². The summed E-state index contributed by atoms with van der Waals surface area (Å²) < 4.78 is 1.61. The third kappa shape index (κ3) is 2.88. The lowest BCUT2D eigenvalue weighted by Gasteiger charge is -2.13. The standard InChI is InChI=1S/C12H15Cl2N5/c1-4-15-8(3)12-16-17-18-19(12)11-6-9(13)7(2)5-10(11)14/h5-6,8,15H,4H2,1-3H3. The van der Waals surface area contributed by atoms with E-state index in [1.165, 1.54) is 0 Å². The van der Waals surface area contributed by atoms with Crippen LogP contribution in [0.2, 0.25) is 10.0 Å². The Kier molecular flexibility index (Phi) is 4.39. The second-order valence-corrected chi connectivity index (χ2v) is 5.10. The first-order valence-corrected chi connectivity index (χ1v) is 6.77. The minimum atomic E-state index is 0.0242. The Balaban J connectivity index is 2.48. The maximum Gasteiger partial charge on any atom is 0.173 e. The fourth-order valence-corrected chi connectivity index (χ4v) is 2.29. The monoisotopic (exact) mass is 299 g/mol. The normalized spacial score (nSPS) is 12.7. The molecule has 1 heterocycles. The van der Waals surface area contributed by atoms with Gasteiger partial charge in [-0.3, -0.25) is 0 Å². The minimum Gasteiger partial charge on any atom is -0.308 e. The second kappa shape index (κ2) is 5.86. The van der Waals surface area contributed by atoms with E-state index in [9.17, 15) is 0 Å². The SMILES string of the molecule is CCNC(C)c1nnnn1-c1cc(Cl)c(C)cc1Cl. The number of aromatic nitrogens is 4. The van der Waals surface area contributed by atoms with Crippen molar-refractivity contribution in [1.82, 2.24) is 25.5 Å². The Labute approximate surface area is 121 Å². The van der Waals surface area contributed by atoms with Crippen molar-refractivity contribution in [2.45, 2.75) is 26.8 Å². The van der Waals surface area contributed by atoms with Gasteiger partial charge in [0, 0.05) is 5.02 Å². The van der Waals surface area contributed by atoms with E-state index in [1.807, 2.05) is 26.8 Å². The molecule has 0 aliphatic carbocycles. The summed E-state index contributed by atoms with van der Waals surface area (Å²) in [7, 11) is 0. The summed E-state index contributed by atoms with van der Waals surface area (Å²) in [6, 6.07) is 3.61. The number of hydrogen-bond acceptors (Lipinski definition) is 4. The van der Waals surface area contributed by atoms with Gasteiger partial charge in [0.05, 0.1) is 16.8 Å². The van der Waals surface area contributed by atoms with E-state index in [2.05, 4.69) is 20.8 Å². The van der Waals surface area contributed by atoms with Gasteiger partial charge in [-0.2, -0.15) is 4.68 Å². The molecule has 0 saturated heterocycles. The summed E-state index contributed by atoms with van der Waals surface area (Å²) in [6.45, 7) is 6.76. The van der Waals surface area contributed by atoms with Crippen LogP contribution in [0.25, 0.3) is 5.69 Å².